The van der Waals surface area contributed by atoms with Gasteiger partial charge in [0.25, 0.3) is 0 Å². The lowest BCUT2D eigenvalue weighted by Gasteiger charge is -2.11. The van der Waals surface area contributed by atoms with Crippen LogP contribution in [0.15, 0.2) is 104 Å². The highest BCUT2D eigenvalue weighted by atomic mass is 16.5. The van der Waals surface area contributed by atoms with Gasteiger partial charge in [-0.25, -0.2) is 0 Å². The normalized spacial score (nSPS) is 11.7. The fraction of sp³-hybridized carbons (Fsp3) is 0.0476. The molecule has 0 aliphatic rings. The first-order valence-corrected chi connectivity index (χ1v) is 7.59. The molecule has 3 nitrogen and oxygen atoms in total. The van der Waals surface area contributed by atoms with E-state index in [4.69, 9.17) is 15.2 Å². The fourth-order valence-corrected chi connectivity index (χ4v) is 1.97. The Kier molecular flexibility index (Phi) is 6.47. The first kappa shape index (κ1) is 17.2. The molecule has 0 aliphatic carbocycles. The number of rotatable bonds is 8. The summed E-state index contributed by atoms with van der Waals surface area (Å²) in [5, 5.41) is 0. The molecule has 0 spiro atoms. The zero-order valence-electron chi connectivity index (χ0n) is 13.5. The Morgan fingerprint density at radius 1 is 0.958 bits per heavy atom. The van der Waals surface area contributed by atoms with Gasteiger partial charge in [-0.3, -0.25) is 0 Å². The van der Waals surface area contributed by atoms with Crippen LogP contribution in [0.2, 0.25) is 0 Å². The molecule has 122 valence electrons. The standard InChI is InChI=1S/C21H21NO2/c1-3-10-19(24-21-14-9-8-13-20(21)22)15-18(4-2)23-16-17-11-6-5-7-12-17/h3-15H,1-2,16,22H2/b18-15+,19-10+. The number of nitrogens with two attached hydrogens (primary N) is 1. The maximum atomic E-state index is 5.91. The molecule has 3 heteroatoms. The highest BCUT2D eigenvalue weighted by Gasteiger charge is 2.04. The molecule has 24 heavy (non-hydrogen) atoms. The summed E-state index contributed by atoms with van der Waals surface area (Å²) in [6, 6.07) is 17.2. The quantitative estimate of drug-likeness (QED) is 0.423. The molecule has 0 saturated carbocycles. The minimum atomic E-state index is 0.452. The molecule has 0 atom stereocenters. The van der Waals surface area contributed by atoms with E-state index in [1.165, 1.54) is 0 Å². The topological polar surface area (TPSA) is 44.5 Å². The van der Waals surface area contributed by atoms with Crippen molar-refractivity contribution >= 4 is 5.69 Å². The molecule has 2 aromatic rings. The first-order valence-electron chi connectivity index (χ1n) is 7.59. The van der Waals surface area contributed by atoms with Crippen LogP contribution in [0.1, 0.15) is 5.56 Å². The predicted molar refractivity (Wildman–Crippen MR) is 99.3 cm³/mol. The van der Waals surface area contributed by atoms with Gasteiger partial charge in [0, 0.05) is 6.08 Å². The molecule has 2 aromatic carbocycles. The van der Waals surface area contributed by atoms with Crippen molar-refractivity contribution < 1.29 is 9.47 Å². The Balaban J connectivity index is 2.12. The van der Waals surface area contributed by atoms with Crippen molar-refractivity contribution in [1.82, 2.24) is 0 Å². The summed E-state index contributed by atoms with van der Waals surface area (Å²) in [5.74, 6) is 1.74. The lowest BCUT2D eigenvalue weighted by molar-refractivity contribution is 0.210. The minimum absolute atomic E-state index is 0.452. The number of para-hydroxylation sites is 2. The van der Waals surface area contributed by atoms with E-state index in [2.05, 4.69) is 13.2 Å². The highest BCUT2D eigenvalue weighted by Crippen LogP contribution is 2.23. The molecule has 0 fully saturated rings. The van der Waals surface area contributed by atoms with E-state index in [0.29, 0.717) is 29.6 Å². The molecule has 2 rings (SSSR count). The van der Waals surface area contributed by atoms with Gasteiger partial charge < -0.3 is 15.2 Å². The van der Waals surface area contributed by atoms with Crippen LogP contribution >= 0.6 is 0 Å². The van der Waals surface area contributed by atoms with Gasteiger partial charge in [0.15, 0.2) is 0 Å². The third-order valence-electron chi connectivity index (χ3n) is 3.16. The van der Waals surface area contributed by atoms with Crippen molar-refractivity contribution in [3.63, 3.8) is 0 Å². The van der Waals surface area contributed by atoms with Crippen molar-refractivity contribution in [2.45, 2.75) is 6.61 Å². The van der Waals surface area contributed by atoms with Crippen molar-refractivity contribution in [1.29, 1.82) is 0 Å². The van der Waals surface area contributed by atoms with Gasteiger partial charge in [0.2, 0.25) is 0 Å². The number of allylic oxidation sites excluding steroid dienone is 4. The SMILES string of the molecule is C=C/C=C(\C=C(/C=C)OCc1ccccc1)Oc1ccccc1N. The number of nitrogen functional groups attached to an aromatic ring is 1. The van der Waals surface area contributed by atoms with Gasteiger partial charge in [-0.15, -0.1) is 0 Å². The van der Waals surface area contributed by atoms with Gasteiger partial charge in [-0.1, -0.05) is 61.7 Å². The zero-order valence-corrected chi connectivity index (χ0v) is 13.5. The molecule has 2 N–H and O–H groups in total. The van der Waals surface area contributed by atoms with Crippen molar-refractivity contribution in [3.8, 4) is 5.75 Å². The Bertz CT molecular complexity index is 745. The molecule has 0 saturated heterocycles. The summed E-state index contributed by atoms with van der Waals surface area (Å²) in [6.07, 6.45) is 6.77. The lowest BCUT2D eigenvalue weighted by atomic mass is 10.2. The molecule has 0 radical (unpaired) electrons. The van der Waals surface area contributed by atoms with Gasteiger partial charge in [-0.2, -0.15) is 0 Å². The predicted octanol–water partition coefficient (Wildman–Crippen LogP) is 5.00. The Labute approximate surface area is 143 Å². The fourth-order valence-electron chi connectivity index (χ4n) is 1.97. The second kappa shape index (κ2) is 9.06. The van der Waals surface area contributed by atoms with E-state index in [9.17, 15) is 0 Å². The van der Waals surface area contributed by atoms with E-state index in [-0.39, 0.29) is 0 Å². The summed E-state index contributed by atoms with van der Waals surface area (Å²) >= 11 is 0. The third kappa shape index (κ3) is 5.21. The van der Waals surface area contributed by atoms with E-state index < -0.39 is 0 Å². The van der Waals surface area contributed by atoms with Crippen molar-refractivity contribution in [3.05, 3.63) is 109 Å². The van der Waals surface area contributed by atoms with Crippen LogP contribution in [0.5, 0.6) is 5.75 Å². The van der Waals surface area contributed by atoms with Crippen LogP contribution in [-0.2, 0) is 11.3 Å². The molecular weight excluding hydrogens is 298 g/mol. The van der Waals surface area contributed by atoms with E-state index in [0.717, 1.165) is 5.56 Å². The van der Waals surface area contributed by atoms with Gasteiger partial charge in [0.05, 0.1) is 5.69 Å². The highest BCUT2D eigenvalue weighted by molar-refractivity contribution is 5.53. The minimum Gasteiger partial charge on any atom is -0.489 e. The van der Waals surface area contributed by atoms with Gasteiger partial charge in [-0.05, 0) is 29.8 Å². The second-order valence-corrected chi connectivity index (χ2v) is 4.97. The summed E-state index contributed by atoms with van der Waals surface area (Å²) in [6.45, 7) is 7.94. The number of benzene rings is 2. The number of hydrogen-bond donors (Lipinski definition) is 1. The van der Waals surface area contributed by atoms with E-state index in [1.807, 2.05) is 42.5 Å². The molecule has 0 aromatic heterocycles. The maximum absolute atomic E-state index is 5.91. The van der Waals surface area contributed by atoms with E-state index in [1.54, 1.807) is 36.4 Å². The van der Waals surface area contributed by atoms with Gasteiger partial charge >= 0.3 is 0 Å². The maximum Gasteiger partial charge on any atom is 0.150 e. The summed E-state index contributed by atoms with van der Waals surface area (Å²) in [5.41, 5.74) is 7.55. The molecule has 0 bridgehead atoms. The average molecular weight is 319 g/mol. The molecule has 0 unspecified atom stereocenters. The number of hydrogen-bond acceptors (Lipinski definition) is 3. The monoisotopic (exact) mass is 319 g/mol. The van der Waals surface area contributed by atoms with Crippen LogP contribution in [0, 0.1) is 0 Å². The van der Waals surface area contributed by atoms with Crippen LogP contribution in [-0.4, -0.2) is 0 Å². The largest absolute Gasteiger partial charge is 0.489 e. The summed E-state index contributed by atoms with van der Waals surface area (Å²) < 4.78 is 11.6. The summed E-state index contributed by atoms with van der Waals surface area (Å²) in [4.78, 5) is 0. The van der Waals surface area contributed by atoms with Crippen LogP contribution in [0.25, 0.3) is 0 Å². The Hall–Kier alpha value is -3.20. The lowest BCUT2D eigenvalue weighted by Crippen LogP contribution is -1.99. The number of ether oxygens (including phenoxy) is 2. The zero-order chi connectivity index (χ0) is 17.2. The average Bonchev–Trinajstić information content (AvgIpc) is 2.61. The Morgan fingerprint density at radius 3 is 2.33 bits per heavy atom. The second-order valence-electron chi connectivity index (χ2n) is 4.97. The van der Waals surface area contributed by atoms with Crippen LogP contribution in [0.4, 0.5) is 5.69 Å². The molecule has 0 amide bonds. The van der Waals surface area contributed by atoms with Crippen LogP contribution in [0.3, 0.4) is 0 Å². The first-order chi connectivity index (χ1) is 11.7. The van der Waals surface area contributed by atoms with Crippen molar-refractivity contribution in [2.75, 3.05) is 5.73 Å². The van der Waals surface area contributed by atoms with E-state index >= 15 is 0 Å². The smallest absolute Gasteiger partial charge is 0.150 e. The molecular formula is C21H21NO2. The third-order valence-corrected chi connectivity index (χ3v) is 3.16. The van der Waals surface area contributed by atoms with Crippen molar-refractivity contribution in [2.24, 2.45) is 0 Å². The summed E-state index contributed by atoms with van der Waals surface area (Å²) in [7, 11) is 0. The van der Waals surface area contributed by atoms with Gasteiger partial charge in [0.1, 0.15) is 23.9 Å². The van der Waals surface area contributed by atoms with Crippen LogP contribution < -0.4 is 10.5 Å². The molecule has 0 aliphatic heterocycles. The molecule has 0 heterocycles. The Morgan fingerprint density at radius 2 is 1.67 bits per heavy atom. The number of anilines is 1.